The summed E-state index contributed by atoms with van der Waals surface area (Å²) in [5, 5.41) is 54.9. The molecule has 9 N–H and O–H groups in total. The maximum Gasteiger partial charge on any atom is 0.325 e. The van der Waals surface area contributed by atoms with Gasteiger partial charge in [0.05, 0.1) is 11.6 Å². The van der Waals surface area contributed by atoms with Gasteiger partial charge in [0.15, 0.2) is 11.4 Å². The number of likely N-dealkylation sites (N-methyl/N-ethyl adjacent to an activating group) is 1. The molecule has 0 fully saturated rings. The molecule has 12 nitrogen and oxygen atoms in total. The van der Waals surface area contributed by atoms with Crippen LogP contribution in [0.5, 0.6) is 5.75 Å². The number of aliphatic hydroxyl groups excluding tert-OH is 2. The Morgan fingerprint density at radius 2 is 1.74 bits per heavy atom. The molecule has 0 saturated heterocycles. The number of nitrogens with zero attached hydrogens (tertiary/aromatic N) is 1. The minimum absolute atomic E-state index is 0.0527. The highest BCUT2D eigenvalue weighted by Crippen LogP contribution is 2.53. The number of nitrogens with two attached hydrogens (primary N) is 2. The van der Waals surface area contributed by atoms with Crippen molar-refractivity contribution in [3.05, 3.63) is 51.0 Å². The molecule has 1 amide bonds. The Balaban J connectivity index is 2.03. The molecular weight excluding hydrogens is 510 g/mol. The van der Waals surface area contributed by atoms with Crippen LogP contribution in [0.25, 0.3) is 0 Å². The van der Waals surface area contributed by atoms with Crippen LogP contribution in [-0.2, 0) is 26.2 Å². The summed E-state index contributed by atoms with van der Waals surface area (Å²) in [5.41, 5.74) is 6.91. The molecular formula is C27H33N3O9. The maximum absolute atomic E-state index is 14.0. The van der Waals surface area contributed by atoms with Gasteiger partial charge < -0.3 is 37.0 Å². The number of rotatable bonds is 4. The number of aliphatic carboxylic acids is 1. The van der Waals surface area contributed by atoms with Crippen molar-refractivity contribution in [3.63, 3.8) is 0 Å². The van der Waals surface area contributed by atoms with Gasteiger partial charge in [-0.15, -0.1) is 0 Å². The number of allylic oxidation sites excluding steroid dienone is 1. The molecule has 0 aliphatic heterocycles. The number of Topliss-reactive ketones (excluding diaryl/α,β-unsaturated/α-hetero) is 2. The van der Waals surface area contributed by atoms with E-state index in [1.54, 1.807) is 20.8 Å². The van der Waals surface area contributed by atoms with E-state index in [2.05, 4.69) is 0 Å². The number of carboxylic acid groups (broad SMARTS) is 1. The number of carbonyl (C=O) groups excluding carboxylic acids is 3. The van der Waals surface area contributed by atoms with Crippen molar-refractivity contribution in [2.45, 2.75) is 56.7 Å². The van der Waals surface area contributed by atoms with Gasteiger partial charge in [0.1, 0.15) is 28.9 Å². The van der Waals surface area contributed by atoms with E-state index in [0.717, 1.165) is 0 Å². The third kappa shape index (κ3) is 3.85. The Hall–Kier alpha value is -3.74. The summed E-state index contributed by atoms with van der Waals surface area (Å²) < 4.78 is 0. The number of carbonyl (C=O) groups is 4. The topological polar surface area (TPSA) is 225 Å². The van der Waals surface area contributed by atoms with Gasteiger partial charge in [-0.1, -0.05) is 20.8 Å². The number of carboxylic acids is 1. The Kier molecular flexibility index (Phi) is 6.45. The molecule has 210 valence electrons. The highest BCUT2D eigenvalue weighted by Gasteiger charge is 2.63. The summed E-state index contributed by atoms with van der Waals surface area (Å²) in [7, 11) is 3.06. The van der Waals surface area contributed by atoms with Crippen LogP contribution in [0.4, 0.5) is 0 Å². The predicted molar refractivity (Wildman–Crippen MR) is 137 cm³/mol. The lowest BCUT2D eigenvalue weighted by Gasteiger charge is -2.50. The molecule has 0 heterocycles. The summed E-state index contributed by atoms with van der Waals surface area (Å²) >= 11 is 0. The van der Waals surface area contributed by atoms with Gasteiger partial charge in [0.25, 0.3) is 5.91 Å². The number of aromatic hydroxyl groups is 1. The van der Waals surface area contributed by atoms with Gasteiger partial charge in [-0.05, 0) is 55.5 Å². The second-order valence-electron chi connectivity index (χ2n) is 11.7. The molecule has 3 aliphatic carbocycles. The van der Waals surface area contributed by atoms with E-state index < -0.39 is 81.2 Å². The summed E-state index contributed by atoms with van der Waals surface area (Å²) in [6.45, 7) is 5.24. The fraction of sp³-hybridized carbons (Fsp3) is 0.481. The largest absolute Gasteiger partial charge is 0.510 e. The second-order valence-corrected chi connectivity index (χ2v) is 11.7. The first kappa shape index (κ1) is 28.3. The summed E-state index contributed by atoms with van der Waals surface area (Å²) in [4.78, 5) is 52.8. The molecule has 4 rings (SSSR count). The number of hydrogen-bond donors (Lipinski definition) is 7. The first-order valence-corrected chi connectivity index (χ1v) is 12.4. The predicted octanol–water partition coefficient (Wildman–Crippen LogP) is 0.503. The van der Waals surface area contributed by atoms with E-state index >= 15 is 0 Å². The lowest BCUT2D eigenvalue weighted by molar-refractivity contribution is -0.148. The minimum atomic E-state index is -2.76. The standard InChI is InChI=1S/C27H33N3O9/c1-26(2,3)13-8-11(17(28)25(37)38)10-6-9-7-12-18(30(4)5)21(33)16(24(29)36)23(35)27(12,39)22(34)14(9)20(32)15(10)19(13)31/h8-9,12,17-18,31,33-34,39H,6-7,28H2,1-5H3,(H2,29,36)(H,37,38)/t9-,12-,17?,18-,27-/m0/s1. The van der Waals surface area contributed by atoms with Gasteiger partial charge in [-0.2, -0.15) is 0 Å². The van der Waals surface area contributed by atoms with Crippen LogP contribution in [0.2, 0.25) is 0 Å². The Morgan fingerprint density at radius 1 is 1.15 bits per heavy atom. The molecule has 5 atom stereocenters. The number of fused-ring (bicyclic) bond motifs is 3. The maximum atomic E-state index is 14.0. The number of amides is 1. The normalized spacial score (nSPS) is 27.7. The van der Waals surface area contributed by atoms with Gasteiger partial charge in [-0.25, -0.2) is 0 Å². The molecule has 39 heavy (non-hydrogen) atoms. The van der Waals surface area contributed by atoms with Crippen LogP contribution in [-0.4, -0.2) is 79.6 Å². The van der Waals surface area contributed by atoms with Gasteiger partial charge in [0, 0.05) is 17.1 Å². The monoisotopic (exact) mass is 543 g/mol. The van der Waals surface area contributed by atoms with E-state index in [4.69, 9.17) is 11.5 Å². The number of primary amides is 1. The third-order valence-corrected chi connectivity index (χ3v) is 8.17. The average molecular weight is 544 g/mol. The highest BCUT2D eigenvalue weighted by atomic mass is 16.4. The fourth-order valence-corrected chi connectivity index (χ4v) is 6.33. The van der Waals surface area contributed by atoms with Crippen molar-refractivity contribution in [3.8, 4) is 5.75 Å². The Morgan fingerprint density at radius 3 is 2.23 bits per heavy atom. The van der Waals surface area contributed by atoms with E-state index in [-0.39, 0.29) is 40.7 Å². The van der Waals surface area contributed by atoms with Crippen LogP contribution in [0.3, 0.4) is 0 Å². The lowest BCUT2D eigenvalue weighted by atomic mass is 9.58. The number of ketones is 2. The average Bonchev–Trinajstić information content (AvgIpc) is 2.79. The summed E-state index contributed by atoms with van der Waals surface area (Å²) in [5.74, 6) is -9.01. The quantitative estimate of drug-likeness (QED) is 0.259. The number of hydrogen-bond acceptors (Lipinski definition) is 10. The van der Waals surface area contributed by atoms with Crippen LogP contribution in [0.15, 0.2) is 28.7 Å². The molecule has 0 radical (unpaired) electrons. The van der Waals surface area contributed by atoms with E-state index in [1.165, 1.54) is 25.1 Å². The van der Waals surface area contributed by atoms with Crippen molar-refractivity contribution >= 4 is 23.4 Å². The molecule has 1 aromatic carbocycles. The van der Waals surface area contributed by atoms with E-state index in [1.807, 2.05) is 0 Å². The third-order valence-electron chi connectivity index (χ3n) is 8.17. The Bertz CT molecular complexity index is 1400. The number of benzene rings is 1. The van der Waals surface area contributed by atoms with Crippen molar-refractivity contribution < 1.29 is 44.7 Å². The van der Waals surface area contributed by atoms with Crippen molar-refractivity contribution in [1.82, 2.24) is 4.90 Å². The van der Waals surface area contributed by atoms with Crippen molar-refractivity contribution in [2.75, 3.05) is 14.1 Å². The second kappa shape index (κ2) is 8.90. The van der Waals surface area contributed by atoms with Crippen LogP contribution in [0.1, 0.15) is 60.3 Å². The molecule has 1 aromatic rings. The summed E-state index contributed by atoms with van der Waals surface area (Å²) in [6, 6.07) is -1.19. The minimum Gasteiger partial charge on any atom is -0.510 e. The zero-order valence-corrected chi connectivity index (χ0v) is 22.3. The van der Waals surface area contributed by atoms with E-state index in [9.17, 15) is 44.7 Å². The zero-order valence-electron chi connectivity index (χ0n) is 22.3. The van der Waals surface area contributed by atoms with Gasteiger partial charge in [0.2, 0.25) is 5.78 Å². The molecule has 0 bridgehead atoms. The Labute approximate surface area is 224 Å². The molecule has 0 aromatic heterocycles. The van der Waals surface area contributed by atoms with Crippen molar-refractivity contribution in [1.29, 1.82) is 0 Å². The first-order chi connectivity index (χ1) is 17.9. The number of phenols is 1. The van der Waals surface area contributed by atoms with E-state index in [0.29, 0.717) is 0 Å². The van der Waals surface area contributed by atoms with Crippen molar-refractivity contribution in [2.24, 2.45) is 23.3 Å². The summed E-state index contributed by atoms with van der Waals surface area (Å²) in [6.07, 6.45) is -0.169. The van der Waals surface area contributed by atoms with Crippen LogP contribution in [0, 0.1) is 11.8 Å². The number of phenolic OH excluding ortho intramolecular Hbond substituents is 1. The SMILES string of the molecule is CN(C)[C@@H]1C(O)=C(C(N)=O)C(=O)[C@@]2(O)C(O)=C3C(=O)c4c(O)c(C(C)(C)C)cc(C(N)C(=O)O)c4C[C@H]3C[C@@H]12. The van der Waals surface area contributed by atoms with Gasteiger partial charge in [-0.3, -0.25) is 24.1 Å². The smallest absolute Gasteiger partial charge is 0.325 e. The molecule has 0 saturated carbocycles. The molecule has 0 spiro atoms. The zero-order chi connectivity index (χ0) is 29.5. The van der Waals surface area contributed by atoms with Gasteiger partial charge >= 0.3 is 5.97 Å². The first-order valence-electron chi connectivity index (χ1n) is 12.4. The number of aliphatic hydroxyl groups is 3. The lowest BCUT2D eigenvalue weighted by Crippen LogP contribution is -2.63. The molecule has 1 unspecified atom stereocenters. The van der Waals surface area contributed by atoms with Crippen LogP contribution >= 0.6 is 0 Å². The molecule has 3 aliphatic rings. The highest BCUT2D eigenvalue weighted by molar-refractivity contribution is 6.24. The molecule has 12 heteroatoms. The van der Waals surface area contributed by atoms with Crippen LogP contribution < -0.4 is 11.5 Å². The fourth-order valence-electron chi connectivity index (χ4n) is 6.33.